The zero-order valence-electron chi connectivity index (χ0n) is 10.1. The molecule has 0 fully saturated rings. The van der Waals surface area contributed by atoms with Crippen molar-refractivity contribution < 1.29 is 9.18 Å². The molecule has 1 aromatic heterocycles. The van der Waals surface area contributed by atoms with E-state index in [0.29, 0.717) is 16.2 Å². The van der Waals surface area contributed by atoms with E-state index in [1.54, 1.807) is 23.7 Å². The second-order valence-electron chi connectivity index (χ2n) is 4.06. The van der Waals surface area contributed by atoms with Gasteiger partial charge in [0.2, 0.25) is 0 Å². The van der Waals surface area contributed by atoms with E-state index >= 15 is 0 Å². The molecule has 0 saturated heterocycles. The van der Waals surface area contributed by atoms with Crippen molar-refractivity contribution in [1.29, 1.82) is 0 Å². The van der Waals surface area contributed by atoms with Gasteiger partial charge in [0, 0.05) is 0 Å². The molecule has 0 radical (unpaired) electrons. The summed E-state index contributed by atoms with van der Waals surface area (Å²) in [6.07, 6.45) is 0. The quantitative estimate of drug-likeness (QED) is 0.765. The number of hydrogen-bond donors (Lipinski definition) is 1. The number of thiazole rings is 1. The van der Waals surface area contributed by atoms with Crippen molar-refractivity contribution in [2.24, 2.45) is 0 Å². The van der Waals surface area contributed by atoms with Crippen LogP contribution in [0.3, 0.4) is 0 Å². The van der Waals surface area contributed by atoms with Gasteiger partial charge >= 0.3 is 0 Å². The molecule has 0 spiro atoms. The number of halogens is 2. The fourth-order valence-electron chi connectivity index (χ4n) is 1.85. The summed E-state index contributed by atoms with van der Waals surface area (Å²) in [6.45, 7) is 0. The first-order chi connectivity index (χ1) is 9.66. The Bertz CT molecular complexity index is 803. The maximum absolute atomic E-state index is 13.6. The van der Waals surface area contributed by atoms with Crippen LogP contribution in [-0.4, -0.2) is 10.9 Å². The number of rotatable bonds is 2. The minimum atomic E-state index is -0.556. The Morgan fingerprint density at radius 1 is 1.25 bits per heavy atom. The van der Waals surface area contributed by atoms with Crippen LogP contribution >= 0.6 is 22.9 Å². The van der Waals surface area contributed by atoms with Gasteiger partial charge in [-0.3, -0.25) is 4.79 Å². The summed E-state index contributed by atoms with van der Waals surface area (Å²) in [7, 11) is 0. The van der Waals surface area contributed by atoms with Crippen molar-refractivity contribution in [3.8, 4) is 0 Å². The van der Waals surface area contributed by atoms with Crippen molar-refractivity contribution in [2.45, 2.75) is 0 Å². The SMILES string of the molecule is O=C(Nc1ccc(Cl)c2ncsc12)c1ccccc1F. The molecule has 0 aliphatic rings. The zero-order valence-corrected chi connectivity index (χ0v) is 11.6. The summed E-state index contributed by atoms with van der Waals surface area (Å²) in [6, 6.07) is 9.17. The van der Waals surface area contributed by atoms with Crippen molar-refractivity contribution in [1.82, 2.24) is 4.98 Å². The van der Waals surface area contributed by atoms with Gasteiger partial charge in [0.1, 0.15) is 11.3 Å². The zero-order chi connectivity index (χ0) is 14.1. The van der Waals surface area contributed by atoms with Crippen LogP contribution in [-0.2, 0) is 0 Å². The first-order valence-corrected chi connectivity index (χ1v) is 7.00. The van der Waals surface area contributed by atoms with Gasteiger partial charge in [0.15, 0.2) is 0 Å². The molecule has 6 heteroatoms. The number of carbonyl (C=O) groups is 1. The molecular formula is C14H8ClFN2OS. The molecule has 3 nitrogen and oxygen atoms in total. The first kappa shape index (κ1) is 13.0. The molecule has 0 aliphatic carbocycles. The average molecular weight is 307 g/mol. The summed E-state index contributed by atoms with van der Waals surface area (Å²) in [5, 5.41) is 3.21. The van der Waals surface area contributed by atoms with E-state index in [9.17, 15) is 9.18 Å². The topological polar surface area (TPSA) is 42.0 Å². The van der Waals surface area contributed by atoms with Crippen LogP contribution in [0.5, 0.6) is 0 Å². The van der Waals surface area contributed by atoms with Crippen LogP contribution in [0.2, 0.25) is 5.02 Å². The molecule has 3 aromatic rings. The van der Waals surface area contributed by atoms with Crippen molar-refractivity contribution in [3.05, 3.63) is 58.3 Å². The van der Waals surface area contributed by atoms with Crippen LogP contribution in [0.1, 0.15) is 10.4 Å². The van der Waals surface area contributed by atoms with Gasteiger partial charge in [-0.05, 0) is 24.3 Å². The first-order valence-electron chi connectivity index (χ1n) is 5.74. The number of nitrogens with one attached hydrogen (secondary N) is 1. The van der Waals surface area contributed by atoms with Gasteiger partial charge < -0.3 is 5.32 Å². The van der Waals surface area contributed by atoms with Crippen molar-refractivity contribution >= 4 is 44.7 Å². The molecule has 3 rings (SSSR count). The fourth-order valence-corrected chi connectivity index (χ4v) is 2.90. The van der Waals surface area contributed by atoms with Gasteiger partial charge in [0.05, 0.1) is 26.5 Å². The van der Waals surface area contributed by atoms with Crippen LogP contribution in [0, 0.1) is 5.82 Å². The molecule has 0 unspecified atom stereocenters. The second-order valence-corrected chi connectivity index (χ2v) is 5.32. The number of carbonyl (C=O) groups excluding carboxylic acids is 1. The summed E-state index contributed by atoms with van der Waals surface area (Å²) in [5.41, 5.74) is 2.85. The lowest BCUT2D eigenvalue weighted by molar-refractivity contribution is 0.102. The number of hydrogen-bond acceptors (Lipinski definition) is 3. The summed E-state index contributed by atoms with van der Waals surface area (Å²) < 4.78 is 14.3. The fraction of sp³-hybridized carbons (Fsp3) is 0. The number of amides is 1. The predicted molar refractivity (Wildman–Crippen MR) is 79.0 cm³/mol. The molecule has 0 saturated carbocycles. The highest BCUT2D eigenvalue weighted by molar-refractivity contribution is 7.17. The lowest BCUT2D eigenvalue weighted by Crippen LogP contribution is -2.13. The van der Waals surface area contributed by atoms with E-state index in [-0.39, 0.29) is 5.56 Å². The molecule has 0 bridgehead atoms. The predicted octanol–water partition coefficient (Wildman–Crippen LogP) is 4.34. The average Bonchev–Trinajstić information content (AvgIpc) is 2.93. The smallest absolute Gasteiger partial charge is 0.258 e. The highest BCUT2D eigenvalue weighted by Gasteiger charge is 2.14. The molecule has 1 amide bonds. The Balaban J connectivity index is 1.98. The Labute approximate surface area is 123 Å². The number of anilines is 1. The molecular weight excluding hydrogens is 299 g/mol. The minimum Gasteiger partial charge on any atom is -0.321 e. The number of benzene rings is 2. The molecule has 2 aromatic carbocycles. The van der Waals surface area contributed by atoms with Gasteiger partial charge in [-0.25, -0.2) is 9.37 Å². The normalized spacial score (nSPS) is 10.7. The summed E-state index contributed by atoms with van der Waals surface area (Å²) >= 11 is 7.39. The highest BCUT2D eigenvalue weighted by atomic mass is 35.5. The Kier molecular flexibility index (Phi) is 3.38. The number of nitrogens with zero attached hydrogens (tertiary/aromatic N) is 1. The Morgan fingerprint density at radius 3 is 2.85 bits per heavy atom. The van der Waals surface area contributed by atoms with E-state index in [4.69, 9.17) is 11.6 Å². The highest BCUT2D eigenvalue weighted by Crippen LogP contribution is 2.32. The number of fused-ring (bicyclic) bond motifs is 1. The Hall–Kier alpha value is -1.98. The van der Waals surface area contributed by atoms with Crippen LogP contribution in [0.25, 0.3) is 10.2 Å². The van der Waals surface area contributed by atoms with Crippen molar-refractivity contribution in [3.63, 3.8) is 0 Å². The molecule has 1 N–H and O–H groups in total. The third kappa shape index (κ3) is 2.26. The molecule has 0 atom stereocenters. The second kappa shape index (κ2) is 5.19. The lowest BCUT2D eigenvalue weighted by Gasteiger charge is -2.07. The molecule has 100 valence electrons. The molecule has 1 heterocycles. The molecule has 0 aliphatic heterocycles. The Morgan fingerprint density at radius 2 is 2.05 bits per heavy atom. The maximum atomic E-state index is 13.6. The van der Waals surface area contributed by atoms with Crippen LogP contribution in [0.15, 0.2) is 41.9 Å². The van der Waals surface area contributed by atoms with E-state index in [1.165, 1.54) is 29.5 Å². The summed E-state index contributed by atoms with van der Waals surface area (Å²) in [4.78, 5) is 16.2. The largest absolute Gasteiger partial charge is 0.321 e. The van der Waals surface area contributed by atoms with E-state index in [1.807, 2.05) is 0 Å². The molecule has 20 heavy (non-hydrogen) atoms. The van der Waals surface area contributed by atoms with Gasteiger partial charge in [-0.2, -0.15) is 0 Å². The van der Waals surface area contributed by atoms with E-state index in [2.05, 4.69) is 10.3 Å². The lowest BCUT2D eigenvalue weighted by atomic mass is 10.2. The van der Waals surface area contributed by atoms with Crippen LogP contribution < -0.4 is 5.32 Å². The third-order valence-electron chi connectivity index (χ3n) is 2.80. The van der Waals surface area contributed by atoms with Gasteiger partial charge in [-0.15, -0.1) is 11.3 Å². The van der Waals surface area contributed by atoms with Gasteiger partial charge in [-0.1, -0.05) is 23.7 Å². The van der Waals surface area contributed by atoms with E-state index in [0.717, 1.165) is 4.70 Å². The van der Waals surface area contributed by atoms with Crippen molar-refractivity contribution in [2.75, 3.05) is 5.32 Å². The minimum absolute atomic E-state index is 0.000107. The van der Waals surface area contributed by atoms with Crippen LogP contribution in [0.4, 0.5) is 10.1 Å². The maximum Gasteiger partial charge on any atom is 0.258 e. The standard InChI is InChI=1S/C14H8ClFN2OS/c15-9-5-6-11(13-12(9)17-7-20-13)18-14(19)8-3-1-2-4-10(8)16/h1-7H,(H,18,19). The van der Waals surface area contributed by atoms with E-state index < -0.39 is 11.7 Å². The third-order valence-corrected chi connectivity index (χ3v) is 3.97. The monoisotopic (exact) mass is 306 g/mol. The summed E-state index contributed by atoms with van der Waals surface area (Å²) in [5.74, 6) is -1.06. The number of aromatic nitrogens is 1. The van der Waals surface area contributed by atoms with Gasteiger partial charge in [0.25, 0.3) is 5.91 Å².